The van der Waals surface area contributed by atoms with Gasteiger partial charge < -0.3 is 9.47 Å². The van der Waals surface area contributed by atoms with E-state index in [9.17, 15) is 4.79 Å². The minimum atomic E-state index is -0.214. The fourth-order valence-electron chi connectivity index (χ4n) is 2.80. The molecule has 0 heterocycles. The zero-order valence-electron chi connectivity index (χ0n) is 11.5. The Balaban J connectivity index is 1.83. The molecule has 3 heteroatoms. The topological polar surface area (TPSA) is 35.5 Å². The number of esters is 1. The van der Waals surface area contributed by atoms with E-state index in [0.29, 0.717) is 18.3 Å². The van der Waals surface area contributed by atoms with E-state index in [2.05, 4.69) is 19.1 Å². The number of hydrogen-bond acceptors (Lipinski definition) is 3. The van der Waals surface area contributed by atoms with Crippen LogP contribution in [-0.2, 0) is 14.3 Å². The summed E-state index contributed by atoms with van der Waals surface area (Å²) in [6.07, 6.45) is 10.3. The van der Waals surface area contributed by atoms with Gasteiger partial charge in [0.2, 0.25) is 0 Å². The summed E-state index contributed by atoms with van der Waals surface area (Å²) >= 11 is 0. The van der Waals surface area contributed by atoms with Crippen LogP contribution in [0.2, 0.25) is 0 Å². The summed E-state index contributed by atoms with van der Waals surface area (Å²) in [4.78, 5) is 11.4. The molecule has 2 aliphatic carbocycles. The zero-order valence-corrected chi connectivity index (χ0v) is 11.5. The number of allylic oxidation sites excluding steroid dienone is 2. The number of carbonyl (C=O) groups excluding carboxylic acids is 1. The summed E-state index contributed by atoms with van der Waals surface area (Å²) in [5.74, 6) is 1.14. The van der Waals surface area contributed by atoms with Gasteiger partial charge in [-0.25, -0.2) is 0 Å². The lowest BCUT2D eigenvalue weighted by molar-refractivity contribution is -0.160. The molecule has 2 rings (SSSR count). The van der Waals surface area contributed by atoms with E-state index >= 15 is 0 Å². The van der Waals surface area contributed by atoms with Crippen LogP contribution in [0.15, 0.2) is 12.2 Å². The van der Waals surface area contributed by atoms with Gasteiger partial charge >= 0.3 is 5.97 Å². The molecule has 2 atom stereocenters. The molecule has 0 saturated heterocycles. The van der Waals surface area contributed by atoms with E-state index in [4.69, 9.17) is 9.47 Å². The Morgan fingerprint density at radius 1 is 1.33 bits per heavy atom. The molecule has 0 N–H and O–H groups in total. The molecule has 0 aromatic rings. The van der Waals surface area contributed by atoms with Crippen LogP contribution < -0.4 is 0 Å². The quantitative estimate of drug-likeness (QED) is 0.557. The van der Waals surface area contributed by atoms with Gasteiger partial charge in [-0.1, -0.05) is 19.1 Å². The highest BCUT2D eigenvalue weighted by molar-refractivity contribution is 5.70. The molecule has 0 aromatic heterocycles. The second-order valence-electron chi connectivity index (χ2n) is 5.78. The second-order valence-corrected chi connectivity index (χ2v) is 5.78. The van der Waals surface area contributed by atoms with Crippen LogP contribution >= 0.6 is 0 Å². The van der Waals surface area contributed by atoms with Gasteiger partial charge in [0.15, 0.2) is 0 Å². The van der Waals surface area contributed by atoms with Crippen molar-refractivity contribution in [2.75, 3.05) is 13.7 Å². The molecule has 0 bridgehead atoms. The maximum Gasteiger partial charge on any atom is 0.308 e. The average molecular weight is 252 g/mol. The van der Waals surface area contributed by atoms with Crippen molar-refractivity contribution in [2.45, 2.75) is 51.0 Å². The number of methoxy groups -OCH3 is 1. The van der Waals surface area contributed by atoms with E-state index in [1.807, 2.05) is 0 Å². The Morgan fingerprint density at radius 2 is 2.06 bits per heavy atom. The molecule has 1 saturated carbocycles. The molecule has 2 unspecified atom stereocenters. The zero-order chi connectivity index (χ0) is 13.0. The van der Waals surface area contributed by atoms with Crippen LogP contribution in [0.1, 0.15) is 45.4 Å². The summed E-state index contributed by atoms with van der Waals surface area (Å²) in [5.41, 5.74) is -0.214. The lowest BCUT2D eigenvalue weighted by Crippen LogP contribution is -2.44. The van der Waals surface area contributed by atoms with Crippen LogP contribution in [0.4, 0.5) is 0 Å². The molecule has 0 aromatic carbocycles. The third-order valence-electron chi connectivity index (χ3n) is 4.48. The van der Waals surface area contributed by atoms with Crippen molar-refractivity contribution in [1.82, 2.24) is 0 Å². The van der Waals surface area contributed by atoms with Gasteiger partial charge in [0.1, 0.15) is 0 Å². The van der Waals surface area contributed by atoms with E-state index in [1.54, 1.807) is 0 Å². The Morgan fingerprint density at radius 3 is 2.61 bits per heavy atom. The first kappa shape index (κ1) is 13.6. The first-order chi connectivity index (χ1) is 8.65. The number of ether oxygens (including phenoxy) is 2. The SMILES string of the molecule is COC(=O)CC1(OCC2CC=CCC2C)CCC1. The van der Waals surface area contributed by atoms with Gasteiger partial charge in [-0.15, -0.1) is 0 Å². The van der Waals surface area contributed by atoms with Gasteiger partial charge in [-0.3, -0.25) is 4.79 Å². The second kappa shape index (κ2) is 5.87. The minimum Gasteiger partial charge on any atom is -0.469 e. The highest BCUT2D eigenvalue weighted by Crippen LogP contribution is 2.40. The van der Waals surface area contributed by atoms with E-state index in [1.165, 1.54) is 7.11 Å². The Kier molecular flexibility index (Phi) is 4.44. The maximum absolute atomic E-state index is 11.4. The van der Waals surface area contributed by atoms with Crippen LogP contribution in [-0.4, -0.2) is 25.3 Å². The van der Waals surface area contributed by atoms with E-state index < -0.39 is 0 Å². The summed E-state index contributed by atoms with van der Waals surface area (Å²) in [6.45, 7) is 3.06. The standard InChI is InChI=1S/C15H24O3/c1-12-6-3-4-7-13(12)11-18-15(8-5-9-15)10-14(16)17-2/h3-4,12-13H,5-11H2,1-2H3. The number of rotatable bonds is 5. The van der Waals surface area contributed by atoms with Crippen molar-refractivity contribution in [1.29, 1.82) is 0 Å². The first-order valence-corrected chi connectivity index (χ1v) is 7.01. The fraction of sp³-hybridized carbons (Fsp3) is 0.800. The molecule has 0 radical (unpaired) electrons. The highest BCUT2D eigenvalue weighted by atomic mass is 16.5. The summed E-state index contributed by atoms with van der Waals surface area (Å²) < 4.78 is 10.9. The smallest absolute Gasteiger partial charge is 0.308 e. The highest BCUT2D eigenvalue weighted by Gasteiger charge is 2.41. The average Bonchev–Trinajstić information content (AvgIpc) is 2.34. The third-order valence-corrected chi connectivity index (χ3v) is 4.48. The van der Waals surface area contributed by atoms with Crippen molar-refractivity contribution < 1.29 is 14.3 Å². The molecule has 102 valence electrons. The minimum absolute atomic E-state index is 0.147. The van der Waals surface area contributed by atoms with Crippen molar-refractivity contribution in [3.8, 4) is 0 Å². The van der Waals surface area contributed by atoms with Gasteiger partial charge in [-0.2, -0.15) is 0 Å². The Labute approximate surface area is 110 Å². The molecule has 0 spiro atoms. The van der Waals surface area contributed by atoms with Crippen molar-refractivity contribution in [3.05, 3.63) is 12.2 Å². The van der Waals surface area contributed by atoms with Crippen LogP contribution in [0, 0.1) is 11.8 Å². The van der Waals surface area contributed by atoms with Crippen LogP contribution in [0.5, 0.6) is 0 Å². The molecule has 1 fully saturated rings. The van der Waals surface area contributed by atoms with Crippen molar-refractivity contribution in [2.24, 2.45) is 11.8 Å². The Bertz CT molecular complexity index is 318. The molecule has 3 nitrogen and oxygen atoms in total. The molecule has 0 aliphatic heterocycles. The first-order valence-electron chi connectivity index (χ1n) is 7.01. The van der Waals surface area contributed by atoms with Gasteiger partial charge in [0, 0.05) is 0 Å². The molecular weight excluding hydrogens is 228 g/mol. The van der Waals surface area contributed by atoms with Crippen LogP contribution in [0.3, 0.4) is 0 Å². The molecule has 2 aliphatic rings. The number of hydrogen-bond donors (Lipinski definition) is 0. The summed E-state index contributed by atoms with van der Waals surface area (Å²) in [5, 5.41) is 0. The lowest BCUT2D eigenvalue weighted by Gasteiger charge is -2.42. The van der Waals surface area contributed by atoms with Gasteiger partial charge in [0.05, 0.1) is 25.7 Å². The lowest BCUT2D eigenvalue weighted by atomic mass is 9.77. The maximum atomic E-state index is 11.4. The van der Waals surface area contributed by atoms with Gasteiger partial charge in [0.25, 0.3) is 0 Å². The fourth-order valence-corrected chi connectivity index (χ4v) is 2.80. The van der Waals surface area contributed by atoms with E-state index in [-0.39, 0.29) is 11.6 Å². The predicted molar refractivity (Wildman–Crippen MR) is 70.2 cm³/mol. The van der Waals surface area contributed by atoms with E-state index in [0.717, 1.165) is 38.7 Å². The Hall–Kier alpha value is -0.830. The van der Waals surface area contributed by atoms with Crippen molar-refractivity contribution >= 4 is 5.97 Å². The monoisotopic (exact) mass is 252 g/mol. The summed E-state index contributed by atoms with van der Waals surface area (Å²) in [7, 11) is 1.45. The molecule has 18 heavy (non-hydrogen) atoms. The van der Waals surface area contributed by atoms with Crippen molar-refractivity contribution in [3.63, 3.8) is 0 Å². The molecular formula is C15H24O3. The summed E-state index contributed by atoms with van der Waals surface area (Å²) in [6, 6.07) is 0. The number of carbonyl (C=O) groups is 1. The van der Waals surface area contributed by atoms with Crippen LogP contribution in [0.25, 0.3) is 0 Å². The normalized spacial score (nSPS) is 29.7. The molecule has 0 amide bonds. The largest absolute Gasteiger partial charge is 0.469 e. The van der Waals surface area contributed by atoms with Gasteiger partial charge in [-0.05, 0) is 43.9 Å². The third kappa shape index (κ3) is 3.14. The predicted octanol–water partition coefficient (Wildman–Crippen LogP) is 3.09.